The van der Waals surface area contributed by atoms with Gasteiger partial charge in [-0.1, -0.05) is 11.3 Å². The molecule has 2 aromatic rings. The predicted molar refractivity (Wildman–Crippen MR) is 77.8 cm³/mol. The maximum absolute atomic E-state index is 11.8. The minimum atomic E-state index is -0.0536. The molecule has 0 fully saturated rings. The largest absolute Gasteiger partial charge is 0.352 e. The topological polar surface area (TPSA) is 68.9 Å². The maximum Gasteiger partial charge on any atom is 0.307 e. The first-order chi connectivity index (χ1) is 9.56. The van der Waals surface area contributed by atoms with E-state index >= 15 is 0 Å². The van der Waals surface area contributed by atoms with Crippen molar-refractivity contribution in [2.45, 2.75) is 39.4 Å². The molecule has 0 aliphatic carbocycles. The third kappa shape index (κ3) is 3.80. The minimum Gasteiger partial charge on any atom is -0.352 e. The smallest absolute Gasteiger partial charge is 0.307 e. The van der Waals surface area contributed by atoms with E-state index in [9.17, 15) is 9.59 Å². The highest BCUT2D eigenvalue weighted by Gasteiger charge is 2.10. The van der Waals surface area contributed by atoms with Crippen molar-refractivity contribution in [2.75, 3.05) is 0 Å². The lowest BCUT2D eigenvalue weighted by Crippen LogP contribution is -2.36. The standard InChI is InChI=1S/C13H18N4O2S/c1-10(8-16-6-3-5-14-16)15-12(18)4-7-17-11(2)9-20-13(17)19/h3,5-6,9-10H,4,7-8H2,1-2H3,(H,15,18). The predicted octanol–water partition coefficient (Wildman–Crippen LogP) is 1.01. The van der Waals surface area contributed by atoms with Gasteiger partial charge in [-0.2, -0.15) is 5.10 Å². The van der Waals surface area contributed by atoms with Gasteiger partial charge in [0.1, 0.15) is 0 Å². The summed E-state index contributed by atoms with van der Waals surface area (Å²) in [7, 11) is 0. The molecule has 0 aliphatic heterocycles. The number of carbonyl (C=O) groups is 1. The van der Waals surface area contributed by atoms with E-state index < -0.39 is 0 Å². The summed E-state index contributed by atoms with van der Waals surface area (Å²) in [6, 6.07) is 1.85. The van der Waals surface area contributed by atoms with Gasteiger partial charge >= 0.3 is 4.87 Å². The van der Waals surface area contributed by atoms with E-state index in [1.807, 2.05) is 26.1 Å². The monoisotopic (exact) mass is 294 g/mol. The van der Waals surface area contributed by atoms with Gasteiger partial charge in [0.25, 0.3) is 0 Å². The van der Waals surface area contributed by atoms with Gasteiger partial charge in [0.2, 0.25) is 5.91 Å². The summed E-state index contributed by atoms with van der Waals surface area (Å²) < 4.78 is 3.40. The van der Waals surface area contributed by atoms with Crippen molar-refractivity contribution >= 4 is 17.2 Å². The van der Waals surface area contributed by atoms with E-state index in [0.29, 0.717) is 19.5 Å². The van der Waals surface area contributed by atoms with Gasteiger partial charge in [-0.25, -0.2) is 0 Å². The number of carbonyl (C=O) groups excluding carboxylic acids is 1. The van der Waals surface area contributed by atoms with Crippen molar-refractivity contribution in [2.24, 2.45) is 0 Å². The van der Waals surface area contributed by atoms with Gasteiger partial charge in [-0.3, -0.25) is 14.3 Å². The summed E-state index contributed by atoms with van der Waals surface area (Å²) in [6.07, 6.45) is 3.87. The molecular formula is C13H18N4O2S. The van der Waals surface area contributed by atoms with E-state index in [4.69, 9.17) is 0 Å². The van der Waals surface area contributed by atoms with Crippen LogP contribution in [0.4, 0.5) is 0 Å². The number of nitrogens with zero attached hydrogens (tertiary/aromatic N) is 3. The van der Waals surface area contributed by atoms with Gasteiger partial charge in [0, 0.05) is 42.5 Å². The lowest BCUT2D eigenvalue weighted by atomic mass is 10.3. The molecule has 2 rings (SSSR count). The molecule has 20 heavy (non-hydrogen) atoms. The fourth-order valence-corrected chi connectivity index (χ4v) is 2.73. The fourth-order valence-electron chi connectivity index (χ4n) is 1.97. The van der Waals surface area contributed by atoms with Crippen LogP contribution >= 0.6 is 11.3 Å². The molecule has 6 nitrogen and oxygen atoms in total. The molecule has 108 valence electrons. The number of aryl methyl sites for hydroxylation is 1. The normalized spacial score (nSPS) is 12.3. The highest BCUT2D eigenvalue weighted by atomic mass is 32.1. The lowest BCUT2D eigenvalue weighted by Gasteiger charge is -2.14. The third-order valence-electron chi connectivity index (χ3n) is 2.97. The first-order valence-electron chi connectivity index (χ1n) is 6.48. The molecule has 1 unspecified atom stereocenters. The molecular weight excluding hydrogens is 276 g/mol. The zero-order valence-electron chi connectivity index (χ0n) is 11.6. The van der Waals surface area contributed by atoms with Crippen molar-refractivity contribution in [1.82, 2.24) is 19.7 Å². The van der Waals surface area contributed by atoms with Crippen LogP contribution in [-0.2, 0) is 17.9 Å². The molecule has 1 amide bonds. The number of nitrogens with one attached hydrogen (secondary N) is 1. The average Bonchev–Trinajstić information content (AvgIpc) is 2.98. The van der Waals surface area contributed by atoms with Crippen LogP contribution in [0.5, 0.6) is 0 Å². The van der Waals surface area contributed by atoms with E-state index in [0.717, 1.165) is 17.0 Å². The Labute approximate surface area is 121 Å². The summed E-state index contributed by atoms with van der Waals surface area (Å²) in [5.74, 6) is -0.0536. The molecule has 7 heteroatoms. The first-order valence-corrected chi connectivity index (χ1v) is 7.36. The average molecular weight is 294 g/mol. The van der Waals surface area contributed by atoms with Crippen LogP contribution in [0.2, 0.25) is 0 Å². The molecule has 2 aromatic heterocycles. The van der Waals surface area contributed by atoms with Crippen LogP contribution in [-0.4, -0.2) is 26.3 Å². The van der Waals surface area contributed by atoms with Crippen LogP contribution in [0.3, 0.4) is 0 Å². The zero-order valence-corrected chi connectivity index (χ0v) is 12.4. The molecule has 0 aromatic carbocycles. The highest BCUT2D eigenvalue weighted by molar-refractivity contribution is 7.07. The van der Waals surface area contributed by atoms with Crippen LogP contribution in [0.15, 0.2) is 28.6 Å². The molecule has 0 radical (unpaired) electrons. The van der Waals surface area contributed by atoms with E-state index in [-0.39, 0.29) is 16.8 Å². The Bertz CT molecular complexity index is 615. The van der Waals surface area contributed by atoms with Crippen LogP contribution in [0.25, 0.3) is 0 Å². The van der Waals surface area contributed by atoms with E-state index in [1.54, 1.807) is 20.8 Å². The summed E-state index contributed by atoms with van der Waals surface area (Å²) in [6.45, 7) is 4.86. The number of hydrogen-bond acceptors (Lipinski definition) is 4. The number of aromatic nitrogens is 3. The second-order valence-electron chi connectivity index (χ2n) is 4.74. The van der Waals surface area contributed by atoms with Gasteiger partial charge in [0.05, 0.1) is 6.54 Å². The Balaban J connectivity index is 1.79. The SMILES string of the molecule is Cc1csc(=O)n1CCC(=O)NC(C)Cn1cccn1. The van der Waals surface area contributed by atoms with Crippen molar-refractivity contribution in [3.8, 4) is 0 Å². The summed E-state index contributed by atoms with van der Waals surface area (Å²) in [5.41, 5.74) is 0.900. The Morgan fingerprint density at radius 3 is 2.95 bits per heavy atom. The Kier molecular flexibility index (Phi) is 4.73. The number of rotatable bonds is 6. The molecule has 1 atom stereocenters. The molecule has 2 heterocycles. The lowest BCUT2D eigenvalue weighted by molar-refractivity contribution is -0.122. The maximum atomic E-state index is 11.8. The van der Waals surface area contributed by atoms with Gasteiger partial charge < -0.3 is 9.88 Å². The molecule has 0 bridgehead atoms. The molecule has 1 N–H and O–H groups in total. The molecule has 0 saturated heterocycles. The Morgan fingerprint density at radius 1 is 1.55 bits per heavy atom. The Hall–Kier alpha value is -1.89. The minimum absolute atomic E-state index is 0.00249. The third-order valence-corrected chi connectivity index (χ3v) is 3.85. The second kappa shape index (κ2) is 6.51. The molecule has 0 aliphatic rings. The van der Waals surface area contributed by atoms with Gasteiger partial charge in [-0.05, 0) is 19.9 Å². The summed E-state index contributed by atoms with van der Waals surface area (Å²) in [4.78, 5) is 23.4. The van der Waals surface area contributed by atoms with Crippen molar-refractivity contribution in [3.63, 3.8) is 0 Å². The van der Waals surface area contributed by atoms with Crippen LogP contribution in [0, 0.1) is 6.92 Å². The van der Waals surface area contributed by atoms with E-state index in [2.05, 4.69) is 10.4 Å². The van der Waals surface area contributed by atoms with Crippen molar-refractivity contribution in [1.29, 1.82) is 0 Å². The van der Waals surface area contributed by atoms with E-state index in [1.165, 1.54) is 0 Å². The van der Waals surface area contributed by atoms with Crippen LogP contribution < -0.4 is 10.2 Å². The number of amides is 1. The first kappa shape index (κ1) is 14.5. The number of hydrogen-bond donors (Lipinski definition) is 1. The van der Waals surface area contributed by atoms with Crippen molar-refractivity contribution < 1.29 is 4.79 Å². The quantitative estimate of drug-likeness (QED) is 0.864. The van der Waals surface area contributed by atoms with Crippen molar-refractivity contribution in [3.05, 3.63) is 39.2 Å². The highest BCUT2D eigenvalue weighted by Crippen LogP contribution is 2.01. The van der Waals surface area contributed by atoms with Gasteiger partial charge in [-0.15, -0.1) is 0 Å². The van der Waals surface area contributed by atoms with Crippen LogP contribution in [0.1, 0.15) is 19.0 Å². The summed E-state index contributed by atoms with van der Waals surface area (Å²) >= 11 is 1.16. The molecule has 0 spiro atoms. The number of thiazole rings is 1. The molecule has 0 saturated carbocycles. The second-order valence-corrected chi connectivity index (χ2v) is 5.56. The summed E-state index contributed by atoms with van der Waals surface area (Å²) in [5, 5.41) is 8.81. The van der Waals surface area contributed by atoms with Gasteiger partial charge in [0.15, 0.2) is 0 Å². The zero-order chi connectivity index (χ0) is 14.5. The Morgan fingerprint density at radius 2 is 2.35 bits per heavy atom. The fraction of sp³-hybridized carbons (Fsp3) is 0.462.